The molecular weight excluding hydrogens is 376 g/mol. The Morgan fingerprint density at radius 2 is 1.30 bits per heavy atom. The topological polar surface area (TPSA) is 79.6 Å². The number of carbonyl (C=O) groups excluding carboxylic acids is 1. The van der Waals surface area contributed by atoms with Crippen LogP contribution in [-0.2, 0) is 0 Å². The molecule has 30 heavy (non-hydrogen) atoms. The largest absolute Gasteiger partial charge is 0.508 e. The number of phenolic OH excluding ortho intramolecular Hbond substituents is 1. The van der Waals surface area contributed by atoms with Crippen molar-refractivity contribution < 1.29 is 9.90 Å². The lowest BCUT2D eigenvalue weighted by Crippen LogP contribution is -2.46. The maximum Gasteiger partial charge on any atom is 0.255 e. The molecule has 0 spiro atoms. The van der Waals surface area contributed by atoms with E-state index in [4.69, 9.17) is 5.26 Å². The second kappa shape index (κ2) is 8.58. The predicted octanol–water partition coefficient (Wildman–Crippen LogP) is 3.84. The average molecular weight is 398 g/mol. The van der Waals surface area contributed by atoms with Crippen LogP contribution < -0.4 is 15.1 Å². The van der Waals surface area contributed by atoms with Gasteiger partial charge in [0.05, 0.1) is 11.6 Å². The van der Waals surface area contributed by atoms with E-state index in [1.807, 2.05) is 48.5 Å². The molecule has 0 aliphatic carbocycles. The van der Waals surface area contributed by atoms with Crippen molar-refractivity contribution >= 4 is 23.0 Å². The molecule has 3 aromatic rings. The standard InChI is InChI=1S/C24H22N4O2/c25-17-18-1-7-21(8-2-18)27-13-15-28(16-14-27)22-9-5-20(6-10-22)26-24(30)19-3-11-23(29)12-4-19/h1-12,29H,13-16H2,(H,26,30). The minimum atomic E-state index is -0.209. The molecule has 1 aliphatic rings. The van der Waals surface area contributed by atoms with Gasteiger partial charge in [-0.05, 0) is 72.8 Å². The average Bonchev–Trinajstić information content (AvgIpc) is 2.80. The van der Waals surface area contributed by atoms with Gasteiger partial charge in [0.25, 0.3) is 5.91 Å². The monoisotopic (exact) mass is 398 g/mol. The molecule has 0 radical (unpaired) electrons. The number of nitrogens with zero attached hydrogens (tertiary/aromatic N) is 3. The summed E-state index contributed by atoms with van der Waals surface area (Å²) in [6, 6.07) is 23.9. The number of piperazine rings is 1. The molecule has 1 amide bonds. The number of amides is 1. The molecule has 0 bridgehead atoms. The molecule has 6 heteroatoms. The van der Waals surface area contributed by atoms with Gasteiger partial charge in [0, 0.05) is 48.8 Å². The molecule has 150 valence electrons. The van der Waals surface area contributed by atoms with Gasteiger partial charge in [-0.25, -0.2) is 0 Å². The van der Waals surface area contributed by atoms with Gasteiger partial charge in [-0.3, -0.25) is 4.79 Å². The molecule has 0 unspecified atom stereocenters. The molecule has 0 atom stereocenters. The van der Waals surface area contributed by atoms with Crippen molar-refractivity contribution in [3.05, 3.63) is 83.9 Å². The van der Waals surface area contributed by atoms with Gasteiger partial charge in [-0.15, -0.1) is 0 Å². The third-order valence-corrected chi connectivity index (χ3v) is 5.26. The van der Waals surface area contributed by atoms with Gasteiger partial charge in [0.15, 0.2) is 0 Å². The van der Waals surface area contributed by atoms with Crippen LogP contribution in [0.2, 0.25) is 0 Å². The molecule has 0 aromatic heterocycles. The Hall–Kier alpha value is -3.98. The summed E-state index contributed by atoms with van der Waals surface area (Å²) in [5.74, 6) is -0.0750. The summed E-state index contributed by atoms with van der Waals surface area (Å²) >= 11 is 0. The fourth-order valence-electron chi connectivity index (χ4n) is 3.54. The van der Waals surface area contributed by atoms with Crippen molar-refractivity contribution in [2.24, 2.45) is 0 Å². The van der Waals surface area contributed by atoms with Crippen LogP contribution in [0, 0.1) is 11.3 Å². The molecule has 2 N–H and O–H groups in total. The van der Waals surface area contributed by atoms with E-state index in [0.29, 0.717) is 11.1 Å². The number of nitrogens with one attached hydrogen (secondary N) is 1. The second-order valence-electron chi connectivity index (χ2n) is 7.18. The number of phenols is 1. The van der Waals surface area contributed by atoms with Crippen molar-refractivity contribution in [3.63, 3.8) is 0 Å². The van der Waals surface area contributed by atoms with E-state index in [2.05, 4.69) is 21.2 Å². The highest BCUT2D eigenvalue weighted by molar-refractivity contribution is 6.04. The smallest absolute Gasteiger partial charge is 0.255 e. The lowest BCUT2D eigenvalue weighted by molar-refractivity contribution is 0.102. The summed E-state index contributed by atoms with van der Waals surface area (Å²) in [5, 5.41) is 21.1. The van der Waals surface area contributed by atoms with Crippen molar-refractivity contribution in [3.8, 4) is 11.8 Å². The molecular formula is C24H22N4O2. The maximum absolute atomic E-state index is 12.3. The van der Waals surface area contributed by atoms with Crippen molar-refractivity contribution in [2.45, 2.75) is 0 Å². The van der Waals surface area contributed by atoms with Crippen LogP contribution in [0.4, 0.5) is 17.1 Å². The Morgan fingerprint density at radius 1 is 0.800 bits per heavy atom. The van der Waals surface area contributed by atoms with Gasteiger partial charge >= 0.3 is 0 Å². The van der Waals surface area contributed by atoms with Crippen molar-refractivity contribution in [1.29, 1.82) is 5.26 Å². The molecule has 1 fully saturated rings. The SMILES string of the molecule is N#Cc1ccc(N2CCN(c3ccc(NC(=O)c4ccc(O)cc4)cc3)CC2)cc1. The molecule has 1 heterocycles. The molecule has 1 aliphatic heterocycles. The minimum absolute atomic E-state index is 0.134. The first-order chi connectivity index (χ1) is 14.6. The zero-order chi connectivity index (χ0) is 20.9. The number of nitriles is 1. The first kappa shape index (κ1) is 19.3. The van der Waals surface area contributed by atoms with E-state index in [-0.39, 0.29) is 11.7 Å². The minimum Gasteiger partial charge on any atom is -0.508 e. The van der Waals surface area contributed by atoms with Crippen LogP contribution in [0.3, 0.4) is 0 Å². The van der Waals surface area contributed by atoms with Crippen LogP contribution in [-0.4, -0.2) is 37.2 Å². The Bertz CT molecular complexity index is 1050. The van der Waals surface area contributed by atoms with Crippen LogP contribution in [0.1, 0.15) is 15.9 Å². The van der Waals surface area contributed by atoms with Crippen LogP contribution in [0.5, 0.6) is 5.75 Å². The number of benzene rings is 3. The third kappa shape index (κ3) is 4.36. The number of carbonyl (C=O) groups is 1. The molecule has 3 aromatic carbocycles. The maximum atomic E-state index is 12.3. The van der Waals surface area contributed by atoms with Gasteiger partial charge in [0.1, 0.15) is 5.75 Å². The van der Waals surface area contributed by atoms with Crippen LogP contribution in [0.25, 0.3) is 0 Å². The first-order valence-corrected chi connectivity index (χ1v) is 9.83. The van der Waals surface area contributed by atoms with Gasteiger partial charge in [-0.2, -0.15) is 5.26 Å². The molecule has 1 saturated heterocycles. The molecule has 6 nitrogen and oxygen atoms in total. The fraction of sp³-hybridized carbons (Fsp3) is 0.167. The predicted molar refractivity (Wildman–Crippen MR) is 118 cm³/mol. The Morgan fingerprint density at radius 3 is 1.80 bits per heavy atom. The molecule has 0 saturated carbocycles. The summed E-state index contributed by atoms with van der Waals surface area (Å²) < 4.78 is 0. The van der Waals surface area contributed by atoms with Crippen molar-refractivity contribution in [2.75, 3.05) is 41.3 Å². The Balaban J connectivity index is 1.34. The van der Waals surface area contributed by atoms with Gasteiger partial charge in [0.2, 0.25) is 0 Å². The van der Waals surface area contributed by atoms with E-state index in [1.165, 1.54) is 12.1 Å². The van der Waals surface area contributed by atoms with E-state index < -0.39 is 0 Å². The summed E-state index contributed by atoms with van der Waals surface area (Å²) in [4.78, 5) is 16.9. The Labute approximate surface area is 175 Å². The van der Waals surface area contributed by atoms with Crippen molar-refractivity contribution in [1.82, 2.24) is 0 Å². The lowest BCUT2D eigenvalue weighted by Gasteiger charge is -2.37. The highest BCUT2D eigenvalue weighted by Crippen LogP contribution is 2.23. The van der Waals surface area contributed by atoms with Crippen LogP contribution >= 0.6 is 0 Å². The van der Waals surface area contributed by atoms with Crippen LogP contribution in [0.15, 0.2) is 72.8 Å². The van der Waals surface area contributed by atoms with E-state index in [0.717, 1.165) is 43.2 Å². The fourth-order valence-corrected chi connectivity index (χ4v) is 3.54. The quantitative estimate of drug-likeness (QED) is 0.698. The summed E-state index contributed by atoms with van der Waals surface area (Å²) in [6.45, 7) is 3.62. The number of hydrogen-bond acceptors (Lipinski definition) is 5. The summed E-state index contributed by atoms with van der Waals surface area (Å²) in [5.41, 5.74) is 4.16. The summed E-state index contributed by atoms with van der Waals surface area (Å²) in [6.07, 6.45) is 0. The number of anilines is 3. The van der Waals surface area contributed by atoms with E-state index >= 15 is 0 Å². The summed E-state index contributed by atoms with van der Waals surface area (Å²) in [7, 11) is 0. The highest BCUT2D eigenvalue weighted by atomic mass is 16.3. The number of hydrogen-bond donors (Lipinski definition) is 2. The third-order valence-electron chi connectivity index (χ3n) is 5.26. The first-order valence-electron chi connectivity index (χ1n) is 9.83. The van der Waals surface area contributed by atoms with Gasteiger partial charge in [-0.1, -0.05) is 0 Å². The zero-order valence-corrected chi connectivity index (χ0v) is 16.5. The normalized spacial score (nSPS) is 13.6. The Kier molecular flexibility index (Phi) is 5.53. The zero-order valence-electron chi connectivity index (χ0n) is 16.5. The lowest BCUT2D eigenvalue weighted by atomic mass is 10.1. The highest BCUT2D eigenvalue weighted by Gasteiger charge is 2.17. The van der Waals surface area contributed by atoms with E-state index in [1.54, 1.807) is 12.1 Å². The second-order valence-corrected chi connectivity index (χ2v) is 7.18. The number of rotatable bonds is 4. The van der Waals surface area contributed by atoms with Gasteiger partial charge < -0.3 is 20.2 Å². The molecule has 4 rings (SSSR count). The number of aromatic hydroxyl groups is 1. The van der Waals surface area contributed by atoms with E-state index in [9.17, 15) is 9.90 Å².